The quantitative estimate of drug-likeness (QED) is 0.758. The van der Waals surface area contributed by atoms with Crippen molar-refractivity contribution < 1.29 is 4.74 Å². The molecule has 0 spiro atoms. The van der Waals surface area contributed by atoms with Crippen LogP contribution in [0.25, 0.3) is 0 Å². The summed E-state index contributed by atoms with van der Waals surface area (Å²) in [6, 6.07) is 0. The molecule has 0 aliphatic rings. The normalized spacial score (nSPS) is 12.4. The Hall–Kier alpha value is -1.07. The van der Waals surface area contributed by atoms with Gasteiger partial charge in [0.2, 0.25) is 0 Å². The number of aryl methyl sites for hydroxylation is 1. The summed E-state index contributed by atoms with van der Waals surface area (Å²) in [6.45, 7) is 3.41. The van der Waals surface area contributed by atoms with Crippen LogP contribution >= 0.6 is 11.6 Å². The van der Waals surface area contributed by atoms with E-state index in [-0.39, 0.29) is 10.9 Å². The van der Waals surface area contributed by atoms with Crippen molar-refractivity contribution in [1.82, 2.24) is 9.55 Å². The molecule has 0 amide bonds. The van der Waals surface area contributed by atoms with Crippen molar-refractivity contribution in [3.8, 4) is 0 Å². The Kier molecular flexibility index (Phi) is 5.28. The molecule has 1 rings (SSSR count). The fraction of sp³-hybridized carbons (Fsp3) is 0.600. The van der Waals surface area contributed by atoms with E-state index in [1.54, 1.807) is 24.1 Å². The number of rotatable bonds is 6. The minimum Gasteiger partial charge on any atom is -0.383 e. The summed E-state index contributed by atoms with van der Waals surface area (Å²) in [5, 5.41) is 2.74. The zero-order chi connectivity index (χ0) is 12.0. The van der Waals surface area contributed by atoms with Crippen LogP contribution < -0.4 is 10.9 Å². The first-order valence-electron chi connectivity index (χ1n) is 5.11. The van der Waals surface area contributed by atoms with Gasteiger partial charge in [0.25, 0.3) is 5.56 Å². The summed E-state index contributed by atoms with van der Waals surface area (Å²) in [7, 11) is 1.58. The van der Waals surface area contributed by atoms with Crippen LogP contribution in [0.3, 0.4) is 0 Å². The molecule has 1 heterocycles. The molecule has 90 valence electrons. The first-order chi connectivity index (χ1) is 7.69. The molecule has 0 aliphatic carbocycles. The van der Waals surface area contributed by atoms with Crippen LogP contribution in [-0.2, 0) is 11.3 Å². The molecule has 0 aromatic carbocycles. The Morgan fingerprint density at radius 1 is 1.69 bits per heavy atom. The Balaban J connectivity index is 2.64. The second kappa shape index (κ2) is 6.50. The van der Waals surface area contributed by atoms with Crippen molar-refractivity contribution in [3.05, 3.63) is 22.7 Å². The first-order valence-corrected chi connectivity index (χ1v) is 5.55. The van der Waals surface area contributed by atoms with Gasteiger partial charge < -0.3 is 14.6 Å². The third-order valence-electron chi connectivity index (χ3n) is 2.09. The fourth-order valence-electron chi connectivity index (χ4n) is 1.26. The van der Waals surface area contributed by atoms with Crippen LogP contribution in [0.15, 0.2) is 17.2 Å². The molecule has 0 saturated heterocycles. The lowest BCUT2D eigenvalue weighted by molar-refractivity contribution is 0.200. The zero-order valence-corrected chi connectivity index (χ0v) is 10.2. The van der Waals surface area contributed by atoms with E-state index in [9.17, 15) is 4.79 Å². The van der Waals surface area contributed by atoms with Gasteiger partial charge in [-0.05, 0) is 6.92 Å². The zero-order valence-electron chi connectivity index (χ0n) is 9.44. The average molecular weight is 246 g/mol. The van der Waals surface area contributed by atoms with Gasteiger partial charge >= 0.3 is 0 Å². The molecule has 0 aliphatic heterocycles. The SMILES string of the molecule is CCn1ccnc(NCC(Cl)COC)c1=O. The number of anilines is 1. The largest absolute Gasteiger partial charge is 0.383 e. The molecule has 0 radical (unpaired) electrons. The van der Waals surface area contributed by atoms with Crippen molar-refractivity contribution >= 4 is 17.4 Å². The van der Waals surface area contributed by atoms with Crippen LogP contribution in [-0.4, -0.2) is 35.2 Å². The molecule has 1 atom stereocenters. The van der Waals surface area contributed by atoms with E-state index in [4.69, 9.17) is 16.3 Å². The number of nitrogens with zero attached hydrogens (tertiary/aromatic N) is 2. The van der Waals surface area contributed by atoms with Crippen LogP contribution in [0.1, 0.15) is 6.92 Å². The van der Waals surface area contributed by atoms with E-state index < -0.39 is 0 Å². The summed E-state index contributed by atoms with van der Waals surface area (Å²) in [5.74, 6) is 0.325. The van der Waals surface area contributed by atoms with Gasteiger partial charge in [0.1, 0.15) is 0 Å². The predicted molar refractivity (Wildman–Crippen MR) is 64.2 cm³/mol. The minimum atomic E-state index is -0.179. The number of halogens is 1. The van der Waals surface area contributed by atoms with E-state index >= 15 is 0 Å². The summed E-state index contributed by atoms with van der Waals surface area (Å²) in [5.41, 5.74) is -0.133. The number of alkyl halides is 1. The second-order valence-electron chi connectivity index (χ2n) is 3.30. The number of ether oxygens (including phenoxy) is 1. The molecule has 0 bridgehead atoms. The van der Waals surface area contributed by atoms with E-state index in [0.29, 0.717) is 25.5 Å². The molecular weight excluding hydrogens is 230 g/mol. The number of hydrogen-bond acceptors (Lipinski definition) is 4. The Labute approximate surface area is 99.4 Å². The molecule has 5 nitrogen and oxygen atoms in total. The highest BCUT2D eigenvalue weighted by Gasteiger charge is 2.07. The lowest BCUT2D eigenvalue weighted by Crippen LogP contribution is -2.27. The molecule has 16 heavy (non-hydrogen) atoms. The van der Waals surface area contributed by atoms with Crippen LogP contribution in [0.2, 0.25) is 0 Å². The predicted octanol–water partition coefficient (Wildman–Crippen LogP) is 0.929. The highest BCUT2D eigenvalue weighted by molar-refractivity contribution is 6.21. The van der Waals surface area contributed by atoms with Crippen molar-refractivity contribution in [1.29, 1.82) is 0 Å². The second-order valence-corrected chi connectivity index (χ2v) is 3.92. The maximum atomic E-state index is 11.7. The molecule has 1 N–H and O–H groups in total. The topological polar surface area (TPSA) is 56.1 Å². The van der Waals surface area contributed by atoms with Crippen molar-refractivity contribution in [3.63, 3.8) is 0 Å². The number of hydrogen-bond donors (Lipinski definition) is 1. The molecule has 1 unspecified atom stereocenters. The average Bonchev–Trinajstić information content (AvgIpc) is 2.28. The number of nitrogens with one attached hydrogen (secondary N) is 1. The third-order valence-corrected chi connectivity index (χ3v) is 2.37. The summed E-state index contributed by atoms with van der Waals surface area (Å²) in [6.07, 6.45) is 3.24. The van der Waals surface area contributed by atoms with Crippen molar-refractivity contribution in [2.45, 2.75) is 18.8 Å². The smallest absolute Gasteiger partial charge is 0.293 e. The molecule has 1 aromatic rings. The Morgan fingerprint density at radius 2 is 2.44 bits per heavy atom. The van der Waals surface area contributed by atoms with Crippen LogP contribution in [0.4, 0.5) is 5.82 Å². The van der Waals surface area contributed by atoms with Crippen LogP contribution in [0.5, 0.6) is 0 Å². The fourth-order valence-corrected chi connectivity index (χ4v) is 1.47. The third kappa shape index (κ3) is 3.50. The highest BCUT2D eigenvalue weighted by atomic mass is 35.5. The highest BCUT2D eigenvalue weighted by Crippen LogP contribution is 1.99. The first kappa shape index (κ1) is 13.0. The standard InChI is InChI=1S/C10H16ClN3O2/c1-3-14-5-4-12-9(10(14)15)13-6-8(11)7-16-2/h4-5,8H,3,6-7H2,1-2H3,(H,12,13). The lowest BCUT2D eigenvalue weighted by Gasteiger charge is -2.10. The van der Waals surface area contributed by atoms with Gasteiger partial charge in [0.15, 0.2) is 5.82 Å². The van der Waals surface area contributed by atoms with Gasteiger partial charge in [-0.1, -0.05) is 0 Å². The van der Waals surface area contributed by atoms with E-state index in [1.807, 2.05) is 6.92 Å². The summed E-state index contributed by atoms with van der Waals surface area (Å²) >= 11 is 5.93. The summed E-state index contributed by atoms with van der Waals surface area (Å²) in [4.78, 5) is 15.7. The Morgan fingerprint density at radius 3 is 3.06 bits per heavy atom. The lowest BCUT2D eigenvalue weighted by atomic mass is 10.4. The van der Waals surface area contributed by atoms with Gasteiger partial charge in [-0.25, -0.2) is 4.98 Å². The monoisotopic (exact) mass is 245 g/mol. The van der Waals surface area contributed by atoms with Crippen LogP contribution in [0, 0.1) is 0 Å². The van der Waals surface area contributed by atoms with E-state index in [0.717, 1.165) is 0 Å². The number of methoxy groups -OCH3 is 1. The van der Waals surface area contributed by atoms with E-state index in [1.165, 1.54) is 0 Å². The van der Waals surface area contributed by atoms with Gasteiger partial charge in [-0.15, -0.1) is 11.6 Å². The van der Waals surface area contributed by atoms with Crippen molar-refractivity contribution in [2.24, 2.45) is 0 Å². The Bertz CT molecular complexity index is 381. The summed E-state index contributed by atoms with van der Waals surface area (Å²) < 4.78 is 6.47. The molecule has 0 fully saturated rings. The minimum absolute atomic E-state index is 0.133. The molecular formula is C10H16ClN3O2. The van der Waals surface area contributed by atoms with Gasteiger partial charge in [-0.3, -0.25) is 4.79 Å². The maximum Gasteiger partial charge on any atom is 0.293 e. The van der Waals surface area contributed by atoms with E-state index in [2.05, 4.69) is 10.3 Å². The molecule has 0 saturated carbocycles. The number of aromatic nitrogens is 2. The molecule has 6 heteroatoms. The van der Waals surface area contributed by atoms with Crippen molar-refractivity contribution in [2.75, 3.05) is 25.6 Å². The maximum absolute atomic E-state index is 11.7. The van der Waals surface area contributed by atoms with Gasteiger partial charge in [-0.2, -0.15) is 0 Å². The molecule has 1 aromatic heterocycles. The van der Waals surface area contributed by atoms with Gasteiger partial charge in [0.05, 0.1) is 12.0 Å². The van der Waals surface area contributed by atoms with Gasteiger partial charge in [0, 0.05) is 32.6 Å².